The SMILES string of the molecule is C(#CC1C=CC=C1)[C+]1c2ccccc2-c2ccccc21. The van der Waals surface area contributed by atoms with Crippen LogP contribution in [0.15, 0.2) is 72.8 Å². The molecule has 0 saturated carbocycles. The van der Waals surface area contributed by atoms with E-state index in [0.717, 1.165) is 5.92 Å². The molecule has 0 N–H and O–H groups in total. The van der Waals surface area contributed by atoms with Gasteiger partial charge in [-0.25, -0.2) is 0 Å². The molecule has 20 heavy (non-hydrogen) atoms. The van der Waals surface area contributed by atoms with Gasteiger partial charge >= 0.3 is 0 Å². The van der Waals surface area contributed by atoms with Gasteiger partial charge in [-0.3, -0.25) is 0 Å². The fourth-order valence-electron chi connectivity index (χ4n) is 2.84. The van der Waals surface area contributed by atoms with Gasteiger partial charge in [-0.1, -0.05) is 24.3 Å². The summed E-state index contributed by atoms with van der Waals surface area (Å²) in [4.78, 5) is 0. The topological polar surface area (TPSA) is 0 Å². The van der Waals surface area contributed by atoms with Gasteiger partial charge in [0.25, 0.3) is 0 Å². The van der Waals surface area contributed by atoms with Gasteiger partial charge in [0, 0.05) is 5.92 Å². The summed E-state index contributed by atoms with van der Waals surface area (Å²) < 4.78 is 0. The smallest absolute Gasteiger partial charge is 0.0644 e. The van der Waals surface area contributed by atoms with E-state index in [-0.39, 0.29) is 5.92 Å². The number of benzene rings is 2. The summed E-state index contributed by atoms with van der Waals surface area (Å²) >= 11 is 0. The van der Waals surface area contributed by atoms with Crippen molar-refractivity contribution in [2.75, 3.05) is 0 Å². The fraction of sp³-hybridized carbons (Fsp3) is 0.0500. The third-order valence-electron chi connectivity index (χ3n) is 3.79. The van der Waals surface area contributed by atoms with Crippen LogP contribution in [0.4, 0.5) is 0 Å². The van der Waals surface area contributed by atoms with E-state index in [9.17, 15) is 0 Å². The standard InChI is InChI=1S/C20H13/c1-2-8-15(7-1)13-14-20-18-11-5-3-9-16(18)17-10-4-6-12-19(17)20/h1-12,15H/q+1. The molecule has 0 heteroatoms. The minimum atomic E-state index is 0.252. The Hall–Kier alpha value is -2.65. The fourth-order valence-corrected chi connectivity index (χ4v) is 2.84. The first-order valence-electron chi connectivity index (χ1n) is 6.86. The van der Waals surface area contributed by atoms with Crippen molar-refractivity contribution in [2.45, 2.75) is 0 Å². The largest absolute Gasteiger partial charge is 0.114 e. The molecular formula is C20H13+. The normalized spacial score (nSPS) is 14.9. The predicted molar refractivity (Wildman–Crippen MR) is 82.9 cm³/mol. The van der Waals surface area contributed by atoms with E-state index in [1.807, 2.05) is 0 Å². The Morgan fingerprint density at radius 2 is 1.30 bits per heavy atom. The van der Waals surface area contributed by atoms with Gasteiger partial charge in [0.15, 0.2) is 0 Å². The first-order valence-corrected chi connectivity index (χ1v) is 6.86. The van der Waals surface area contributed by atoms with Crippen LogP contribution in [-0.4, -0.2) is 0 Å². The van der Waals surface area contributed by atoms with Gasteiger partial charge in [0.05, 0.1) is 28.2 Å². The first-order chi connectivity index (χ1) is 9.93. The van der Waals surface area contributed by atoms with Crippen molar-refractivity contribution < 1.29 is 0 Å². The van der Waals surface area contributed by atoms with Crippen molar-refractivity contribution >= 4 is 0 Å². The number of rotatable bonds is 0. The van der Waals surface area contributed by atoms with Gasteiger partial charge in [-0.2, -0.15) is 0 Å². The highest BCUT2D eigenvalue weighted by atomic mass is 14.3. The van der Waals surface area contributed by atoms with Crippen molar-refractivity contribution in [1.29, 1.82) is 0 Å². The van der Waals surface area contributed by atoms with Gasteiger partial charge in [-0.05, 0) is 54.5 Å². The van der Waals surface area contributed by atoms with Crippen molar-refractivity contribution in [3.63, 3.8) is 0 Å². The molecule has 0 spiro atoms. The molecule has 0 amide bonds. The zero-order valence-corrected chi connectivity index (χ0v) is 11.0. The zero-order chi connectivity index (χ0) is 13.4. The summed E-state index contributed by atoms with van der Waals surface area (Å²) in [5, 5.41) is 0. The highest BCUT2D eigenvalue weighted by Gasteiger charge is 2.33. The molecule has 2 aromatic carbocycles. The van der Waals surface area contributed by atoms with E-state index in [1.54, 1.807) is 0 Å². The molecule has 0 heterocycles. The average molecular weight is 253 g/mol. The summed E-state index contributed by atoms with van der Waals surface area (Å²) in [7, 11) is 0. The molecule has 0 aliphatic heterocycles. The monoisotopic (exact) mass is 253 g/mol. The number of fused-ring (bicyclic) bond motifs is 3. The lowest BCUT2D eigenvalue weighted by Gasteiger charge is -1.98. The quantitative estimate of drug-likeness (QED) is 0.482. The van der Waals surface area contributed by atoms with Crippen LogP contribution in [0.1, 0.15) is 11.1 Å². The molecule has 92 valence electrons. The van der Waals surface area contributed by atoms with Crippen molar-refractivity contribution in [1.82, 2.24) is 0 Å². The molecule has 4 rings (SSSR count). The van der Waals surface area contributed by atoms with Crippen LogP contribution in [0, 0.1) is 23.7 Å². The number of allylic oxidation sites excluding steroid dienone is 4. The van der Waals surface area contributed by atoms with Crippen LogP contribution in [0.3, 0.4) is 0 Å². The maximum Gasteiger partial charge on any atom is 0.114 e. The number of hydrogen-bond acceptors (Lipinski definition) is 0. The Bertz CT molecular complexity index is 723. The summed E-state index contributed by atoms with van der Waals surface area (Å²) in [5.41, 5.74) is 5.11. The third-order valence-corrected chi connectivity index (χ3v) is 3.79. The molecule has 0 aromatic heterocycles. The van der Waals surface area contributed by atoms with E-state index in [2.05, 4.69) is 84.7 Å². The molecule has 0 radical (unpaired) electrons. The Balaban J connectivity index is 1.83. The number of hydrogen-bond donors (Lipinski definition) is 0. The molecule has 2 aromatic rings. The maximum absolute atomic E-state index is 3.40. The molecule has 0 unspecified atom stereocenters. The molecule has 2 aliphatic carbocycles. The Labute approximate surface area is 119 Å². The lowest BCUT2D eigenvalue weighted by Crippen LogP contribution is -1.95. The van der Waals surface area contributed by atoms with Crippen molar-refractivity contribution in [2.24, 2.45) is 5.92 Å². The molecular weight excluding hydrogens is 240 g/mol. The van der Waals surface area contributed by atoms with E-state index < -0.39 is 0 Å². The second-order valence-electron chi connectivity index (χ2n) is 5.03. The van der Waals surface area contributed by atoms with E-state index in [1.165, 1.54) is 22.3 Å². The highest BCUT2D eigenvalue weighted by Crippen LogP contribution is 2.43. The van der Waals surface area contributed by atoms with Gasteiger partial charge in [0.2, 0.25) is 0 Å². The minimum Gasteiger partial charge on any atom is -0.0644 e. The van der Waals surface area contributed by atoms with Crippen LogP contribution < -0.4 is 0 Å². The Morgan fingerprint density at radius 3 is 1.90 bits per heavy atom. The highest BCUT2D eigenvalue weighted by molar-refractivity contribution is 5.86. The molecule has 0 bridgehead atoms. The van der Waals surface area contributed by atoms with E-state index >= 15 is 0 Å². The van der Waals surface area contributed by atoms with Crippen LogP contribution in [0.25, 0.3) is 11.1 Å². The van der Waals surface area contributed by atoms with Gasteiger partial charge in [0.1, 0.15) is 5.92 Å². The molecule has 0 fully saturated rings. The molecule has 0 nitrogen and oxygen atoms in total. The second-order valence-corrected chi connectivity index (χ2v) is 5.03. The summed E-state index contributed by atoms with van der Waals surface area (Å²) in [6.07, 6.45) is 8.36. The Kier molecular flexibility index (Phi) is 2.50. The van der Waals surface area contributed by atoms with E-state index in [4.69, 9.17) is 0 Å². The summed E-state index contributed by atoms with van der Waals surface area (Å²) in [5.74, 6) is 8.15. The first kappa shape index (κ1) is 11.2. The third kappa shape index (κ3) is 1.68. The van der Waals surface area contributed by atoms with E-state index in [0.29, 0.717) is 0 Å². The zero-order valence-electron chi connectivity index (χ0n) is 11.0. The lowest BCUT2D eigenvalue weighted by molar-refractivity contribution is 1.14. The summed E-state index contributed by atoms with van der Waals surface area (Å²) in [6.45, 7) is 0. The van der Waals surface area contributed by atoms with Gasteiger partial charge < -0.3 is 0 Å². The second kappa shape index (κ2) is 4.47. The molecule has 0 atom stereocenters. The predicted octanol–water partition coefficient (Wildman–Crippen LogP) is 4.38. The van der Waals surface area contributed by atoms with Gasteiger partial charge in [-0.15, -0.1) is 0 Å². The van der Waals surface area contributed by atoms with Crippen LogP contribution in [-0.2, 0) is 0 Å². The minimum absolute atomic E-state index is 0.252. The molecule has 0 saturated heterocycles. The summed E-state index contributed by atoms with van der Waals surface area (Å²) in [6, 6.07) is 17.0. The lowest BCUT2D eigenvalue weighted by atomic mass is 9.97. The van der Waals surface area contributed by atoms with Crippen LogP contribution in [0.2, 0.25) is 0 Å². The van der Waals surface area contributed by atoms with Crippen molar-refractivity contribution in [3.05, 3.63) is 89.9 Å². The molecule has 2 aliphatic rings. The van der Waals surface area contributed by atoms with Crippen LogP contribution >= 0.6 is 0 Å². The van der Waals surface area contributed by atoms with Crippen LogP contribution in [0.5, 0.6) is 0 Å². The van der Waals surface area contributed by atoms with Crippen molar-refractivity contribution in [3.8, 4) is 23.0 Å². The Morgan fingerprint density at radius 1 is 0.750 bits per heavy atom. The maximum atomic E-state index is 3.40. The average Bonchev–Trinajstić information content (AvgIpc) is 3.11.